The summed E-state index contributed by atoms with van der Waals surface area (Å²) in [6.07, 6.45) is 11.5. The van der Waals surface area contributed by atoms with E-state index in [1.54, 1.807) is 34.8 Å². The summed E-state index contributed by atoms with van der Waals surface area (Å²) < 4.78 is 23.8. The van der Waals surface area contributed by atoms with E-state index < -0.39 is 15.2 Å². The van der Waals surface area contributed by atoms with Crippen molar-refractivity contribution < 1.29 is 28.7 Å². The Hall–Kier alpha value is -1.50. The molecular weight excluding hydrogens is 783 g/mol. The third-order valence-corrected chi connectivity index (χ3v) is 19.0. The first kappa shape index (κ1) is 38.2. The van der Waals surface area contributed by atoms with Crippen molar-refractivity contribution >= 4 is 92.4 Å². The lowest BCUT2D eigenvalue weighted by molar-refractivity contribution is 0.386. The predicted octanol–water partition coefficient (Wildman–Crippen LogP) is 12.2. The fourth-order valence-corrected chi connectivity index (χ4v) is 14.3. The lowest BCUT2D eigenvalue weighted by Gasteiger charge is -2.02. The second kappa shape index (κ2) is 16.7. The number of unbranched alkanes of at least 4 members (excludes halogenated alkanes) is 6. The van der Waals surface area contributed by atoms with Crippen molar-refractivity contribution in [2.75, 3.05) is 0 Å². The van der Waals surface area contributed by atoms with Gasteiger partial charge in [-0.3, -0.25) is 9.13 Å². The van der Waals surface area contributed by atoms with Crippen LogP contribution in [0.5, 0.6) is 0 Å². The summed E-state index contributed by atoms with van der Waals surface area (Å²) in [5.74, 6) is 0. The molecule has 0 saturated carbocycles. The predicted molar refractivity (Wildman–Crippen MR) is 220 cm³/mol. The molecule has 266 valence electrons. The first-order chi connectivity index (χ1) is 23.9. The zero-order chi connectivity index (χ0) is 35.5. The van der Waals surface area contributed by atoms with Crippen LogP contribution in [0.2, 0.25) is 0 Å². The average molecular weight is 823 g/mol. The molecule has 0 aliphatic rings. The monoisotopic (exact) mass is 822 g/mol. The topological polar surface area (TPSA) is 115 Å². The lowest BCUT2D eigenvalue weighted by atomic mass is 10.0. The third-order valence-electron chi connectivity index (χ3n) is 8.36. The molecule has 0 unspecified atom stereocenters. The van der Waals surface area contributed by atoms with Crippen LogP contribution in [0.1, 0.15) is 76.3 Å². The van der Waals surface area contributed by atoms with Gasteiger partial charge in [-0.15, -0.1) is 68.0 Å². The zero-order valence-corrected chi connectivity index (χ0v) is 34.5. The van der Waals surface area contributed by atoms with E-state index in [1.807, 2.05) is 22.7 Å². The van der Waals surface area contributed by atoms with E-state index in [2.05, 4.69) is 50.2 Å². The summed E-state index contributed by atoms with van der Waals surface area (Å²) >= 11 is 9.35. The molecule has 0 fully saturated rings. The van der Waals surface area contributed by atoms with Crippen molar-refractivity contribution in [1.29, 1.82) is 0 Å². The van der Waals surface area contributed by atoms with Gasteiger partial charge < -0.3 is 19.6 Å². The fraction of sp³-hybridized carbons (Fsp3) is 0.333. The maximum atomic E-state index is 11.8. The number of hydrogen-bond donors (Lipinski definition) is 4. The highest BCUT2D eigenvalue weighted by Crippen LogP contribution is 2.50. The van der Waals surface area contributed by atoms with E-state index in [4.69, 9.17) is 0 Å². The molecule has 0 aliphatic heterocycles. The fourth-order valence-electron chi connectivity index (χ4n) is 5.79. The Kier molecular flexibility index (Phi) is 12.7. The molecule has 0 aliphatic carbocycles. The number of rotatable bonds is 17. The van der Waals surface area contributed by atoms with Crippen molar-refractivity contribution in [2.45, 2.75) is 78.1 Å². The van der Waals surface area contributed by atoms with E-state index in [0.29, 0.717) is 0 Å². The minimum absolute atomic E-state index is 0.0932. The van der Waals surface area contributed by atoms with Gasteiger partial charge in [-0.05, 0) is 97.5 Å². The number of hydrogen-bond acceptors (Lipinski definition) is 8. The quantitative estimate of drug-likeness (QED) is 0.0538. The Labute approximate surface area is 317 Å². The molecule has 50 heavy (non-hydrogen) atoms. The summed E-state index contributed by atoms with van der Waals surface area (Å²) in [4.78, 5) is 49.8. The molecule has 6 aromatic heterocycles. The Morgan fingerprint density at radius 1 is 0.440 bits per heavy atom. The van der Waals surface area contributed by atoms with Crippen LogP contribution >= 0.6 is 83.2 Å². The van der Waals surface area contributed by atoms with Crippen molar-refractivity contribution in [1.82, 2.24) is 0 Å². The van der Waals surface area contributed by atoms with Crippen molar-refractivity contribution in [2.24, 2.45) is 0 Å². The van der Waals surface area contributed by atoms with Gasteiger partial charge in [0.25, 0.3) is 0 Å². The van der Waals surface area contributed by atoms with Crippen LogP contribution in [0.25, 0.3) is 48.8 Å². The molecule has 0 bridgehead atoms. The minimum atomic E-state index is -4.28. The zero-order valence-electron chi connectivity index (χ0n) is 27.8. The number of aryl methyl sites for hydroxylation is 2. The summed E-state index contributed by atoms with van der Waals surface area (Å²) in [6, 6.07) is 19.9. The molecular formula is C36H40O6P2S6. The van der Waals surface area contributed by atoms with Gasteiger partial charge in [0.05, 0.1) is 0 Å². The molecule has 0 aromatic carbocycles. The maximum absolute atomic E-state index is 11.8. The van der Waals surface area contributed by atoms with Crippen molar-refractivity contribution in [3.63, 3.8) is 0 Å². The van der Waals surface area contributed by atoms with Gasteiger partial charge in [0.15, 0.2) is 0 Å². The highest BCUT2D eigenvalue weighted by Gasteiger charge is 2.24. The Morgan fingerprint density at radius 2 is 0.800 bits per heavy atom. The van der Waals surface area contributed by atoms with Crippen LogP contribution in [0.4, 0.5) is 0 Å². The Morgan fingerprint density at radius 3 is 1.16 bits per heavy atom. The van der Waals surface area contributed by atoms with Crippen molar-refractivity contribution in [3.05, 3.63) is 71.8 Å². The molecule has 0 radical (unpaired) electrons. The van der Waals surface area contributed by atoms with Gasteiger partial charge in [-0.1, -0.05) is 52.4 Å². The van der Waals surface area contributed by atoms with E-state index in [1.165, 1.54) is 91.0 Å². The Balaban J connectivity index is 1.34. The smallest absolute Gasteiger partial charge is 0.320 e. The third kappa shape index (κ3) is 9.16. The van der Waals surface area contributed by atoms with E-state index in [-0.39, 0.29) is 9.24 Å². The van der Waals surface area contributed by atoms with Crippen molar-refractivity contribution in [3.8, 4) is 48.8 Å². The molecule has 6 rings (SSSR count). The molecule has 0 saturated heterocycles. The van der Waals surface area contributed by atoms with Crippen LogP contribution in [0.3, 0.4) is 0 Å². The normalized spacial score (nSPS) is 12.4. The molecule has 6 aromatic rings. The second-order valence-corrected chi connectivity index (χ2v) is 22.4. The highest BCUT2D eigenvalue weighted by atomic mass is 32.1. The first-order valence-electron chi connectivity index (χ1n) is 16.7. The second-order valence-electron chi connectivity index (χ2n) is 12.2. The molecule has 14 heteroatoms. The van der Waals surface area contributed by atoms with Gasteiger partial charge in [-0.2, -0.15) is 0 Å². The largest absolute Gasteiger partial charge is 0.366 e. The SMILES string of the molecule is CCCCCCc1cc(-c2cc(CCCCCC)c(-c3ccc(-c4ccc(P(=O)(O)O)s4)s3)s2)sc1-c1ccc(-c2ccc(P(=O)(O)O)s2)s1. The van der Waals surface area contributed by atoms with Gasteiger partial charge in [-0.25, -0.2) is 0 Å². The van der Waals surface area contributed by atoms with Gasteiger partial charge in [0.1, 0.15) is 9.24 Å². The standard InChI is InChI=1S/C36H40O6P2S6/c1-3-5-7-9-11-23-21-31(49-35(23)29-15-13-25(45-29)27-17-19-33(47-27)43(37,38)39)32-22-24(12-10-8-6-4-2)36(50-32)30-16-14-26(46-30)28-18-20-34(48-28)44(40,41)42/h13-22H,3-12H2,1-2H3,(H2,37,38,39)(H2,40,41,42). The molecule has 6 heterocycles. The lowest BCUT2D eigenvalue weighted by Crippen LogP contribution is -1.94. The highest BCUT2D eigenvalue weighted by molar-refractivity contribution is 7.68. The molecule has 6 nitrogen and oxygen atoms in total. The van der Waals surface area contributed by atoms with E-state index in [9.17, 15) is 28.7 Å². The van der Waals surface area contributed by atoms with Crippen LogP contribution in [0.15, 0.2) is 60.7 Å². The Bertz CT molecular complexity index is 1980. The number of thiophene rings is 6. The maximum Gasteiger partial charge on any atom is 0.366 e. The average Bonchev–Trinajstić information content (AvgIpc) is 3.91. The summed E-state index contributed by atoms with van der Waals surface area (Å²) in [5, 5.41) is 0. The van der Waals surface area contributed by atoms with Crippen LogP contribution in [0, 0.1) is 0 Å². The van der Waals surface area contributed by atoms with Gasteiger partial charge in [0, 0.05) is 48.8 Å². The summed E-state index contributed by atoms with van der Waals surface area (Å²) in [6.45, 7) is 4.46. The minimum Gasteiger partial charge on any atom is -0.320 e. The molecule has 4 N–H and O–H groups in total. The summed E-state index contributed by atoms with van der Waals surface area (Å²) in [7, 11) is -8.56. The van der Waals surface area contributed by atoms with E-state index >= 15 is 0 Å². The summed E-state index contributed by atoms with van der Waals surface area (Å²) in [5.41, 5.74) is 2.71. The first-order valence-corrected chi connectivity index (χ1v) is 24.9. The molecule has 0 amide bonds. The van der Waals surface area contributed by atoms with E-state index in [0.717, 1.165) is 67.9 Å². The van der Waals surface area contributed by atoms with Crippen LogP contribution in [-0.4, -0.2) is 19.6 Å². The van der Waals surface area contributed by atoms with Gasteiger partial charge >= 0.3 is 15.2 Å². The van der Waals surface area contributed by atoms with Gasteiger partial charge in [0.2, 0.25) is 0 Å². The molecule has 0 atom stereocenters. The molecule has 0 spiro atoms. The van der Waals surface area contributed by atoms with Crippen LogP contribution < -0.4 is 9.24 Å². The van der Waals surface area contributed by atoms with Crippen LogP contribution in [-0.2, 0) is 22.0 Å².